The number of fused-ring (bicyclic) bond motifs is 1. The molecule has 0 bridgehead atoms. The number of nitrogens with two attached hydrogens (primary N) is 1. The average Bonchev–Trinajstić information content (AvgIpc) is 3.01. The Hall–Kier alpha value is -1.17. The van der Waals surface area contributed by atoms with Gasteiger partial charge in [-0.05, 0) is 36.9 Å². The van der Waals surface area contributed by atoms with Crippen LogP contribution in [0.3, 0.4) is 0 Å². The van der Waals surface area contributed by atoms with E-state index in [1.807, 2.05) is 6.20 Å². The molecule has 0 radical (unpaired) electrons. The summed E-state index contributed by atoms with van der Waals surface area (Å²) in [4.78, 5) is 9.65. The predicted molar refractivity (Wildman–Crippen MR) is 91.2 cm³/mol. The lowest BCUT2D eigenvalue weighted by Crippen LogP contribution is -2.50. The first-order valence-electron chi connectivity index (χ1n) is 7.84. The van der Waals surface area contributed by atoms with Gasteiger partial charge in [0.25, 0.3) is 0 Å². The van der Waals surface area contributed by atoms with Crippen molar-refractivity contribution in [2.45, 2.75) is 25.8 Å². The molecule has 2 aromatic rings. The van der Waals surface area contributed by atoms with Crippen LogP contribution in [0.5, 0.6) is 0 Å². The van der Waals surface area contributed by atoms with Gasteiger partial charge >= 0.3 is 0 Å². The highest BCUT2D eigenvalue weighted by molar-refractivity contribution is 7.17. The van der Waals surface area contributed by atoms with Gasteiger partial charge in [-0.15, -0.1) is 11.3 Å². The molecule has 2 aromatic heterocycles. The van der Waals surface area contributed by atoms with E-state index in [4.69, 9.17) is 5.73 Å². The average molecular weight is 304 g/mol. The molecule has 0 aromatic carbocycles. The summed E-state index contributed by atoms with van der Waals surface area (Å²) >= 11 is 1.79. The fourth-order valence-corrected chi connectivity index (χ4v) is 4.04. The Morgan fingerprint density at radius 3 is 2.81 bits per heavy atom. The lowest BCUT2D eigenvalue weighted by atomic mass is 10.1. The molecular formula is C16H24N4S. The summed E-state index contributed by atoms with van der Waals surface area (Å²) in [5.74, 6) is 1.15. The van der Waals surface area contributed by atoms with Crippen LogP contribution < -0.4 is 10.6 Å². The standard InChI is InChI=1S/C16H24N4S/c1-2-13(3-6-17)19-8-10-20(11-9-19)16-14-5-12-21-15(14)4-7-18-16/h4-5,7,12-13H,2-3,6,8-11,17H2,1H3. The zero-order valence-corrected chi connectivity index (χ0v) is 13.5. The Morgan fingerprint density at radius 2 is 2.10 bits per heavy atom. The fraction of sp³-hybridized carbons (Fsp3) is 0.562. The summed E-state index contributed by atoms with van der Waals surface area (Å²) in [5, 5.41) is 3.45. The minimum Gasteiger partial charge on any atom is -0.354 e. The van der Waals surface area contributed by atoms with Crippen LogP contribution in [-0.4, -0.2) is 48.6 Å². The van der Waals surface area contributed by atoms with Gasteiger partial charge in [0.1, 0.15) is 5.82 Å². The third kappa shape index (κ3) is 3.05. The van der Waals surface area contributed by atoms with Crippen molar-refractivity contribution in [2.24, 2.45) is 5.73 Å². The van der Waals surface area contributed by atoms with Crippen molar-refractivity contribution in [3.8, 4) is 0 Å². The zero-order chi connectivity index (χ0) is 14.7. The lowest BCUT2D eigenvalue weighted by molar-refractivity contribution is 0.173. The first kappa shape index (κ1) is 14.8. The van der Waals surface area contributed by atoms with Crippen LogP contribution in [0.4, 0.5) is 5.82 Å². The van der Waals surface area contributed by atoms with E-state index < -0.39 is 0 Å². The third-order valence-corrected chi connectivity index (χ3v) is 5.34. The molecule has 0 saturated carbocycles. The molecule has 21 heavy (non-hydrogen) atoms. The van der Waals surface area contributed by atoms with Crippen LogP contribution in [0.15, 0.2) is 23.7 Å². The van der Waals surface area contributed by atoms with Crippen molar-refractivity contribution >= 4 is 27.2 Å². The van der Waals surface area contributed by atoms with E-state index >= 15 is 0 Å². The summed E-state index contributed by atoms with van der Waals surface area (Å²) < 4.78 is 1.33. The number of anilines is 1. The van der Waals surface area contributed by atoms with Gasteiger partial charge in [0, 0.05) is 48.5 Å². The highest BCUT2D eigenvalue weighted by atomic mass is 32.1. The Morgan fingerprint density at radius 1 is 1.29 bits per heavy atom. The van der Waals surface area contributed by atoms with Gasteiger partial charge in [-0.2, -0.15) is 0 Å². The number of aromatic nitrogens is 1. The molecule has 1 aliphatic rings. The topological polar surface area (TPSA) is 45.4 Å². The van der Waals surface area contributed by atoms with Gasteiger partial charge in [-0.3, -0.25) is 4.90 Å². The van der Waals surface area contributed by atoms with E-state index in [2.05, 4.69) is 39.2 Å². The monoisotopic (exact) mass is 304 g/mol. The van der Waals surface area contributed by atoms with Crippen LogP contribution >= 0.6 is 11.3 Å². The second-order valence-corrected chi connectivity index (χ2v) is 6.58. The predicted octanol–water partition coefficient (Wildman–Crippen LogP) is 2.55. The van der Waals surface area contributed by atoms with Crippen molar-refractivity contribution < 1.29 is 0 Å². The third-order valence-electron chi connectivity index (χ3n) is 4.46. The highest BCUT2D eigenvalue weighted by Gasteiger charge is 2.23. The van der Waals surface area contributed by atoms with E-state index in [1.165, 1.54) is 16.5 Å². The van der Waals surface area contributed by atoms with Gasteiger partial charge in [-0.1, -0.05) is 6.92 Å². The summed E-state index contributed by atoms with van der Waals surface area (Å²) in [6.07, 6.45) is 4.23. The van der Waals surface area contributed by atoms with Crippen molar-refractivity contribution in [3.63, 3.8) is 0 Å². The van der Waals surface area contributed by atoms with Gasteiger partial charge in [0.05, 0.1) is 0 Å². The van der Waals surface area contributed by atoms with Crippen molar-refractivity contribution in [1.82, 2.24) is 9.88 Å². The minimum atomic E-state index is 0.641. The zero-order valence-electron chi connectivity index (χ0n) is 12.7. The van der Waals surface area contributed by atoms with Crippen molar-refractivity contribution in [1.29, 1.82) is 0 Å². The van der Waals surface area contributed by atoms with Crippen molar-refractivity contribution in [3.05, 3.63) is 23.7 Å². The molecule has 3 heterocycles. The maximum Gasteiger partial charge on any atom is 0.137 e. The number of rotatable bonds is 5. The number of nitrogens with zero attached hydrogens (tertiary/aromatic N) is 3. The lowest BCUT2D eigenvalue weighted by Gasteiger charge is -2.39. The molecule has 1 unspecified atom stereocenters. The maximum atomic E-state index is 5.73. The second-order valence-electron chi connectivity index (χ2n) is 5.63. The quantitative estimate of drug-likeness (QED) is 0.922. The van der Waals surface area contributed by atoms with Gasteiger partial charge in [0.2, 0.25) is 0 Å². The molecule has 1 aliphatic heterocycles. The number of pyridine rings is 1. The maximum absolute atomic E-state index is 5.73. The number of piperazine rings is 1. The SMILES string of the molecule is CCC(CCN)N1CCN(c2nccc3sccc23)CC1. The van der Waals surface area contributed by atoms with E-state index in [0.29, 0.717) is 6.04 Å². The number of hydrogen-bond acceptors (Lipinski definition) is 5. The minimum absolute atomic E-state index is 0.641. The summed E-state index contributed by atoms with van der Waals surface area (Å²) in [7, 11) is 0. The second kappa shape index (κ2) is 6.73. The Bertz CT molecular complexity index is 574. The number of hydrogen-bond donors (Lipinski definition) is 1. The Balaban J connectivity index is 1.69. The first-order chi connectivity index (χ1) is 10.3. The molecule has 0 amide bonds. The Kier molecular flexibility index (Phi) is 4.73. The van der Waals surface area contributed by atoms with Gasteiger partial charge in [-0.25, -0.2) is 4.98 Å². The van der Waals surface area contributed by atoms with Crippen molar-refractivity contribution in [2.75, 3.05) is 37.6 Å². The molecule has 4 nitrogen and oxygen atoms in total. The smallest absolute Gasteiger partial charge is 0.137 e. The molecule has 0 spiro atoms. The van der Waals surface area contributed by atoms with Crippen LogP contribution in [-0.2, 0) is 0 Å². The van der Waals surface area contributed by atoms with E-state index in [-0.39, 0.29) is 0 Å². The molecule has 2 N–H and O–H groups in total. The molecule has 1 saturated heterocycles. The Labute approximate surface area is 130 Å². The van der Waals surface area contributed by atoms with Crippen LogP contribution in [0.1, 0.15) is 19.8 Å². The van der Waals surface area contributed by atoms with Crippen LogP contribution in [0, 0.1) is 0 Å². The van der Waals surface area contributed by atoms with Crippen LogP contribution in [0.2, 0.25) is 0 Å². The molecule has 1 fully saturated rings. The first-order valence-corrected chi connectivity index (χ1v) is 8.72. The van der Waals surface area contributed by atoms with E-state index in [9.17, 15) is 0 Å². The highest BCUT2D eigenvalue weighted by Crippen LogP contribution is 2.29. The molecule has 0 aliphatic carbocycles. The molecule has 114 valence electrons. The number of thiophene rings is 1. The molecule has 1 atom stereocenters. The van der Waals surface area contributed by atoms with Gasteiger partial charge < -0.3 is 10.6 Å². The van der Waals surface area contributed by atoms with E-state index in [1.54, 1.807) is 11.3 Å². The summed E-state index contributed by atoms with van der Waals surface area (Å²) in [5.41, 5.74) is 5.73. The molecular weight excluding hydrogens is 280 g/mol. The summed E-state index contributed by atoms with van der Waals surface area (Å²) in [6.45, 7) is 7.39. The summed E-state index contributed by atoms with van der Waals surface area (Å²) in [6, 6.07) is 4.94. The van der Waals surface area contributed by atoms with Crippen LogP contribution in [0.25, 0.3) is 10.1 Å². The van der Waals surface area contributed by atoms with Gasteiger partial charge in [0.15, 0.2) is 0 Å². The molecule has 5 heteroatoms. The van der Waals surface area contributed by atoms with E-state index in [0.717, 1.165) is 45.0 Å². The molecule has 3 rings (SSSR count). The normalized spacial score (nSPS) is 18.3. The largest absolute Gasteiger partial charge is 0.354 e. The fourth-order valence-electron chi connectivity index (χ4n) is 3.27.